The Bertz CT molecular complexity index is 322. The molecule has 2 bridgehead atoms. The maximum Gasteiger partial charge on any atom is 0.223 e. The fourth-order valence-corrected chi connectivity index (χ4v) is 3.24. The van der Waals surface area contributed by atoms with Crippen LogP contribution in [0.2, 0.25) is 0 Å². The topological polar surface area (TPSA) is 55.1 Å². The third-order valence-corrected chi connectivity index (χ3v) is 4.39. The molecule has 0 heterocycles. The van der Waals surface area contributed by atoms with Gasteiger partial charge in [0.05, 0.1) is 0 Å². The summed E-state index contributed by atoms with van der Waals surface area (Å²) in [5.41, 5.74) is 5.71. The van der Waals surface area contributed by atoms with Crippen molar-refractivity contribution in [2.24, 2.45) is 29.4 Å². The molecule has 88 valence electrons. The highest BCUT2D eigenvalue weighted by Crippen LogP contribution is 2.43. The zero-order chi connectivity index (χ0) is 11.1. The lowest BCUT2D eigenvalue weighted by atomic mass is 9.92. The molecule has 4 unspecified atom stereocenters. The molecule has 0 aromatic heterocycles. The zero-order valence-electron chi connectivity index (χ0n) is 9.56. The molecule has 3 heteroatoms. The highest BCUT2D eigenvalue weighted by atomic mass is 16.2. The van der Waals surface area contributed by atoms with Gasteiger partial charge in [0.15, 0.2) is 0 Å². The van der Waals surface area contributed by atoms with Crippen molar-refractivity contribution >= 4 is 5.91 Å². The normalized spacial score (nSPS) is 37.7. The molecule has 3 aliphatic rings. The van der Waals surface area contributed by atoms with Crippen molar-refractivity contribution in [3.63, 3.8) is 0 Å². The number of allylic oxidation sites excluding steroid dienone is 2. The molecule has 3 N–H and O–H groups in total. The summed E-state index contributed by atoms with van der Waals surface area (Å²) in [6.45, 7) is 0.590. The fraction of sp³-hybridized carbons (Fsp3) is 0.769. The van der Waals surface area contributed by atoms with Crippen LogP contribution in [0.3, 0.4) is 0 Å². The van der Waals surface area contributed by atoms with Crippen LogP contribution in [0.4, 0.5) is 0 Å². The Morgan fingerprint density at radius 2 is 2.19 bits per heavy atom. The van der Waals surface area contributed by atoms with E-state index in [1.807, 2.05) is 0 Å². The van der Waals surface area contributed by atoms with E-state index in [1.54, 1.807) is 0 Å². The molecule has 3 nitrogen and oxygen atoms in total. The van der Waals surface area contributed by atoms with Crippen molar-refractivity contribution in [1.29, 1.82) is 0 Å². The van der Waals surface area contributed by atoms with Gasteiger partial charge in [-0.1, -0.05) is 12.2 Å². The summed E-state index contributed by atoms with van der Waals surface area (Å²) in [7, 11) is 0. The molecule has 4 atom stereocenters. The number of amides is 1. The summed E-state index contributed by atoms with van der Waals surface area (Å²) in [6.07, 6.45) is 9.21. The van der Waals surface area contributed by atoms with Gasteiger partial charge in [-0.3, -0.25) is 4.79 Å². The van der Waals surface area contributed by atoms with E-state index in [2.05, 4.69) is 17.5 Å². The summed E-state index contributed by atoms with van der Waals surface area (Å²) in [6, 6.07) is 0.232. The second-order valence-electron chi connectivity index (χ2n) is 5.57. The minimum atomic E-state index is 0.225. The van der Waals surface area contributed by atoms with Gasteiger partial charge in [-0.05, 0) is 43.4 Å². The third-order valence-electron chi connectivity index (χ3n) is 4.39. The molecule has 0 aromatic carbocycles. The second kappa shape index (κ2) is 3.88. The Morgan fingerprint density at radius 1 is 1.38 bits per heavy atom. The average Bonchev–Trinajstić information content (AvgIpc) is 2.92. The van der Waals surface area contributed by atoms with Crippen molar-refractivity contribution in [3.8, 4) is 0 Å². The van der Waals surface area contributed by atoms with Crippen LogP contribution in [0, 0.1) is 23.7 Å². The number of nitrogens with two attached hydrogens (primary N) is 1. The Morgan fingerprint density at radius 3 is 2.69 bits per heavy atom. The predicted molar refractivity (Wildman–Crippen MR) is 62.6 cm³/mol. The largest absolute Gasteiger partial charge is 0.352 e. The van der Waals surface area contributed by atoms with Crippen LogP contribution in [0.15, 0.2) is 12.2 Å². The van der Waals surface area contributed by atoms with E-state index in [0.717, 1.165) is 6.42 Å². The van der Waals surface area contributed by atoms with Gasteiger partial charge in [0.2, 0.25) is 5.91 Å². The van der Waals surface area contributed by atoms with Crippen LogP contribution in [0.25, 0.3) is 0 Å². The summed E-state index contributed by atoms with van der Waals surface area (Å²) >= 11 is 0. The first kappa shape index (κ1) is 10.3. The number of nitrogens with one attached hydrogen (secondary N) is 1. The smallest absolute Gasteiger partial charge is 0.223 e. The lowest BCUT2D eigenvalue weighted by molar-refractivity contribution is -0.126. The van der Waals surface area contributed by atoms with E-state index >= 15 is 0 Å². The standard InChI is InChI=1S/C13H20N2O/c14-7-12(9-3-4-9)15-13(16)11-6-8-1-2-10(11)5-8/h1-2,8-12H,3-7,14H2,(H,15,16). The number of carbonyl (C=O) groups excluding carboxylic acids is 1. The molecule has 16 heavy (non-hydrogen) atoms. The quantitative estimate of drug-likeness (QED) is 0.696. The van der Waals surface area contributed by atoms with Gasteiger partial charge in [-0.2, -0.15) is 0 Å². The van der Waals surface area contributed by atoms with Gasteiger partial charge in [-0.25, -0.2) is 0 Å². The third kappa shape index (κ3) is 1.77. The molecule has 1 amide bonds. The predicted octanol–water partition coefficient (Wildman–Crippen LogP) is 1.05. The highest BCUT2D eigenvalue weighted by Gasteiger charge is 2.41. The van der Waals surface area contributed by atoms with Crippen molar-refractivity contribution in [3.05, 3.63) is 12.2 Å². The number of fused-ring (bicyclic) bond motifs is 2. The van der Waals surface area contributed by atoms with Gasteiger partial charge in [0, 0.05) is 18.5 Å². The number of hydrogen-bond acceptors (Lipinski definition) is 2. The Kier molecular flexibility index (Phi) is 2.51. The Labute approximate surface area is 96.5 Å². The van der Waals surface area contributed by atoms with Crippen LogP contribution >= 0.6 is 0 Å². The molecule has 2 fully saturated rings. The average molecular weight is 220 g/mol. The minimum absolute atomic E-state index is 0.225. The van der Waals surface area contributed by atoms with Crippen LogP contribution < -0.4 is 11.1 Å². The summed E-state index contributed by atoms with van der Waals surface area (Å²) in [5.74, 6) is 2.30. The van der Waals surface area contributed by atoms with Crippen LogP contribution in [-0.2, 0) is 4.79 Å². The zero-order valence-corrected chi connectivity index (χ0v) is 9.56. The number of rotatable bonds is 4. The molecule has 0 radical (unpaired) electrons. The van der Waals surface area contributed by atoms with Gasteiger partial charge in [0.1, 0.15) is 0 Å². The van der Waals surface area contributed by atoms with E-state index in [0.29, 0.717) is 24.3 Å². The molecular formula is C13H20N2O. The first-order chi connectivity index (χ1) is 7.78. The van der Waals surface area contributed by atoms with Gasteiger partial charge >= 0.3 is 0 Å². The molecule has 3 rings (SSSR count). The molecular weight excluding hydrogens is 200 g/mol. The molecule has 0 saturated heterocycles. The molecule has 0 aromatic rings. The van der Waals surface area contributed by atoms with Crippen LogP contribution in [0.1, 0.15) is 25.7 Å². The van der Waals surface area contributed by atoms with E-state index in [4.69, 9.17) is 5.73 Å². The monoisotopic (exact) mass is 220 g/mol. The Balaban J connectivity index is 1.58. The lowest BCUT2D eigenvalue weighted by Crippen LogP contribution is -2.45. The van der Waals surface area contributed by atoms with Crippen molar-refractivity contribution in [2.75, 3.05) is 6.54 Å². The molecule has 2 saturated carbocycles. The summed E-state index contributed by atoms with van der Waals surface area (Å²) < 4.78 is 0. The van der Waals surface area contributed by atoms with Crippen molar-refractivity contribution in [2.45, 2.75) is 31.7 Å². The summed E-state index contributed by atoms with van der Waals surface area (Å²) in [5, 5.41) is 3.16. The first-order valence-corrected chi connectivity index (χ1v) is 6.46. The van der Waals surface area contributed by atoms with Gasteiger partial charge < -0.3 is 11.1 Å². The van der Waals surface area contributed by atoms with E-state index in [1.165, 1.54) is 19.3 Å². The maximum absolute atomic E-state index is 12.1. The first-order valence-electron chi connectivity index (χ1n) is 6.46. The summed E-state index contributed by atoms with van der Waals surface area (Å²) in [4.78, 5) is 12.1. The van der Waals surface area contributed by atoms with E-state index in [-0.39, 0.29) is 17.9 Å². The molecule has 3 aliphatic carbocycles. The Hall–Kier alpha value is -0.830. The fourth-order valence-electron chi connectivity index (χ4n) is 3.24. The van der Waals surface area contributed by atoms with Crippen LogP contribution in [0.5, 0.6) is 0 Å². The van der Waals surface area contributed by atoms with Gasteiger partial charge in [-0.15, -0.1) is 0 Å². The highest BCUT2D eigenvalue weighted by molar-refractivity contribution is 5.80. The lowest BCUT2D eigenvalue weighted by Gasteiger charge is -2.22. The minimum Gasteiger partial charge on any atom is -0.352 e. The van der Waals surface area contributed by atoms with Crippen molar-refractivity contribution in [1.82, 2.24) is 5.32 Å². The molecule has 0 spiro atoms. The van der Waals surface area contributed by atoms with E-state index < -0.39 is 0 Å². The van der Waals surface area contributed by atoms with E-state index in [9.17, 15) is 4.79 Å². The van der Waals surface area contributed by atoms with Crippen molar-refractivity contribution < 1.29 is 4.79 Å². The molecule has 0 aliphatic heterocycles. The second-order valence-corrected chi connectivity index (χ2v) is 5.57. The SMILES string of the molecule is NCC(NC(=O)C1CC2C=CC1C2)C1CC1. The van der Waals surface area contributed by atoms with Gasteiger partial charge in [0.25, 0.3) is 0 Å². The number of hydrogen-bond donors (Lipinski definition) is 2. The number of carbonyl (C=O) groups is 1. The maximum atomic E-state index is 12.1. The van der Waals surface area contributed by atoms with Crippen LogP contribution in [-0.4, -0.2) is 18.5 Å².